The molecule has 0 aliphatic carbocycles. The zero-order valence-corrected chi connectivity index (χ0v) is 11.7. The van der Waals surface area contributed by atoms with Crippen molar-refractivity contribution in [3.8, 4) is 5.69 Å². The summed E-state index contributed by atoms with van der Waals surface area (Å²) in [6, 6.07) is 6.56. The van der Waals surface area contributed by atoms with E-state index in [1.807, 2.05) is 42.2 Å². The fraction of sp³-hybridized carbons (Fsp3) is 0.308. The maximum absolute atomic E-state index is 4.15. The van der Waals surface area contributed by atoms with Crippen LogP contribution in [0, 0.1) is 0 Å². The van der Waals surface area contributed by atoms with Crippen LogP contribution in [0.5, 0.6) is 0 Å². The first-order chi connectivity index (χ1) is 8.36. The van der Waals surface area contributed by atoms with Gasteiger partial charge in [0.15, 0.2) is 0 Å². The highest BCUT2D eigenvalue weighted by molar-refractivity contribution is 7.98. The predicted octanol–water partition coefficient (Wildman–Crippen LogP) is 3.60. The van der Waals surface area contributed by atoms with Crippen LogP contribution in [-0.2, 0) is 11.5 Å². The van der Waals surface area contributed by atoms with E-state index in [9.17, 15) is 0 Å². The van der Waals surface area contributed by atoms with E-state index in [1.54, 1.807) is 0 Å². The average molecular weight is 264 g/mol. The highest BCUT2D eigenvalue weighted by Crippen LogP contribution is 2.25. The van der Waals surface area contributed by atoms with E-state index in [0.717, 1.165) is 11.5 Å². The molecular weight excluding hydrogens is 248 g/mol. The van der Waals surface area contributed by atoms with Gasteiger partial charge < -0.3 is 4.57 Å². The third-order valence-corrected chi connectivity index (χ3v) is 3.76. The third kappa shape index (κ3) is 2.87. The van der Waals surface area contributed by atoms with Gasteiger partial charge >= 0.3 is 0 Å². The minimum Gasteiger partial charge on any atom is -0.306 e. The second-order valence-electron chi connectivity index (χ2n) is 3.76. The molecule has 0 spiro atoms. The summed E-state index contributed by atoms with van der Waals surface area (Å²) < 4.78 is 2.12. The number of imidazole rings is 1. The van der Waals surface area contributed by atoms with Gasteiger partial charge in [0.05, 0.1) is 12.0 Å². The fourth-order valence-corrected chi connectivity index (χ4v) is 3.00. The van der Waals surface area contributed by atoms with Gasteiger partial charge in [0, 0.05) is 23.9 Å². The summed E-state index contributed by atoms with van der Waals surface area (Å²) in [6.07, 6.45) is 10.0. The first-order valence-electron chi connectivity index (χ1n) is 5.43. The van der Waals surface area contributed by atoms with Crippen molar-refractivity contribution in [3.05, 3.63) is 48.0 Å². The lowest BCUT2D eigenvalue weighted by Gasteiger charge is -2.14. The van der Waals surface area contributed by atoms with E-state index in [0.29, 0.717) is 0 Å². The molecule has 0 amide bonds. The normalized spacial score (nSPS) is 10.7. The number of hydrogen-bond donors (Lipinski definition) is 0. The maximum Gasteiger partial charge on any atom is 0.0991 e. The quantitative estimate of drug-likeness (QED) is 0.822. The summed E-state index contributed by atoms with van der Waals surface area (Å²) in [6.45, 7) is 0. The van der Waals surface area contributed by atoms with Crippen LogP contribution in [0.1, 0.15) is 11.1 Å². The van der Waals surface area contributed by atoms with Gasteiger partial charge in [0.1, 0.15) is 0 Å². The smallest absolute Gasteiger partial charge is 0.0991 e. The molecule has 0 aliphatic heterocycles. The Labute approximate surface area is 111 Å². The average Bonchev–Trinajstić information content (AvgIpc) is 2.84. The van der Waals surface area contributed by atoms with Crippen molar-refractivity contribution < 1.29 is 0 Å². The van der Waals surface area contributed by atoms with E-state index in [2.05, 4.69) is 40.3 Å². The Balaban J connectivity index is 2.50. The monoisotopic (exact) mass is 264 g/mol. The maximum atomic E-state index is 4.15. The predicted molar refractivity (Wildman–Crippen MR) is 78.0 cm³/mol. The van der Waals surface area contributed by atoms with E-state index in [1.165, 1.54) is 16.8 Å². The molecule has 1 aromatic heterocycles. The SMILES string of the molecule is CSCc1cccc(CSC)c1-n1ccnc1. The molecule has 0 unspecified atom stereocenters. The first kappa shape index (κ1) is 12.6. The minimum atomic E-state index is 1.04. The van der Waals surface area contributed by atoms with E-state index >= 15 is 0 Å². The minimum absolute atomic E-state index is 1.04. The van der Waals surface area contributed by atoms with Crippen molar-refractivity contribution in [1.29, 1.82) is 0 Å². The number of para-hydroxylation sites is 1. The lowest BCUT2D eigenvalue weighted by molar-refractivity contribution is 1.02. The fourth-order valence-electron chi connectivity index (χ4n) is 1.91. The molecule has 2 aromatic rings. The second-order valence-corrected chi connectivity index (χ2v) is 5.49. The van der Waals surface area contributed by atoms with Crippen LogP contribution in [0.2, 0.25) is 0 Å². The Morgan fingerprint density at radius 2 is 1.76 bits per heavy atom. The largest absolute Gasteiger partial charge is 0.306 e. The third-order valence-electron chi connectivity index (χ3n) is 2.57. The molecule has 1 heterocycles. The van der Waals surface area contributed by atoms with Crippen LogP contribution >= 0.6 is 23.5 Å². The number of aromatic nitrogens is 2. The van der Waals surface area contributed by atoms with Crippen LogP contribution < -0.4 is 0 Å². The molecule has 0 saturated heterocycles. The van der Waals surface area contributed by atoms with Gasteiger partial charge in [0.2, 0.25) is 0 Å². The zero-order valence-electron chi connectivity index (χ0n) is 10.1. The van der Waals surface area contributed by atoms with Crippen LogP contribution in [0.3, 0.4) is 0 Å². The molecule has 4 heteroatoms. The van der Waals surface area contributed by atoms with Gasteiger partial charge in [-0.05, 0) is 23.6 Å². The molecular formula is C13H16N2S2. The summed E-state index contributed by atoms with van der Waals surface area (Å²) >= 11 is 3.70. The number of thioether (sulfide) groups is 2. The van der Waals surface area contributed by atoms with Gasteiger partial charge in [-0.1, -0.05) is 18.2 Å². The molecule has 0 saturated carbocycles. The summed E-state index contributed by atoms with van der Waals surface area (Å²) in [5.41, 5.74) is 4.05. The topological polar surface area (TPSA) is 17.8 Å². The molecule has 0 fully saturated rings. The molecule has 0 bridgehead atoms. The Morgan fingerprint density at radius 3 is 2.24 bits per heavy atom. The van der Waals surface area contributed by atoms with Gasteiger partial charge in [-0.2, -0.15) is 23.5 Å². The summed E-state index contributed by atoms with van der Waals surface area (Å²) in [7, 11) is 0. The highest BCUT2D eigenvalue weighted by atomic mass is 32.2. The Hall–Kier alpha value is -0.870. The summed E-state index contributed by atoms with van der Waals surface area (Å²) in [5, 5.41) is 0. The van der Waals surface area contributed by atoms with Crippen LogP contribution in [0.15, 0.2) is 36.9 Å². The van der Waals surface area contributed by atoms with Crippen LogP contribution in [0.25, 0.3) is 5.69 Å². The van der Waals surface area contributed by atoms with Crippen molar-refractivity contribution in [1.82, 2.24) is 9.55 Å². The molecule has 0 N–H and O–H groups in total. The van der Waals surface area contributed by atoms with Gasteiger partial charge in [-0.25, -0.2) is 4.98 Å². The number of benzene rings is 1. The number of hydrogen-bond acceptors (Lipinski definition) is 3. The Morgan fingerprint density at radius 1 is 1.12 bits per heavy atom. The van der Waals surface area contributed by atoms with Crippen molar-refractivity contribution in [3.63, 3.8) is 0 Å². The zero-order chi connectivity index (χ0) is 12.1. The molecule has 0 radical (unpaired) electrons. The molecule has 2 nitrogen and oxygen atoms in total. The molecule has 17 heavy (non-hydrogen) atoms. The standard InChI is InChI=1S/C13H16N2S2/c1-16-8-11-4-3-5-12(9-17-2)13(11)15-7-6-14-10-15/h3-7,10H,8-9H2,1-2H3. The number of rotatable bonds is 5. The molecule has 2 rings (SSSR count). The van der Waals surface area contributed by atoms with Crippen LogP contribution in [0.4, 0.5) is 0 Å². The second kappa shape index (κ2) is 6.17. The van der Waals surface area contributed by atoms with Gasteiger partial charge in [0.25, 0.3) is 0 Å². The molecule has 0 atom stereocenters. The highest BCUT2D eigenvalue weighted by Gasteiger charge is 2.09. The van der Waals surface area contributed by atoms with E-state index in [-0.39, 0.29) is 0 Å². The molecule has 1 aromatic carbocycles. The molecule has 90 valence electrons. The van der Waals surface area contributed by atoms with Crippen molar-refractivity contribution in [2.45, 2.75) is 11.5 Å². The van der Waals surface area contributed by atoms with E-state index < -0.39 is 0 Å². The lowest BCUT2D eigenvalue weighted by Crippen LogP contribution is -2.01. The van der Waals surface area contributed by atoms with Crippen molar-refractivity contribution >= 4 is 23.5 Å². The van der Waals surface area contributed by atoms with Crippen molar-refractivity contribution in [2.75, 3.05) is 12.5 Å². The number of nitrogens with zero attached hydrogens (tertiary/aromatic N) is 2. The van der Waals surface area contributed by atoms with Crippen LogP contribution in [-0.4, -0.2) is 22.1 Å². The molecule has 0 aliphatic rings. The van der Waals surface area contributed by atoms with Gasteiger partial charge in [-0.15, -0.1) is 0 Å². The van der Waals surface area contributed by atoms with E-state index in [4.69, 9.17) is 0 Å². The first-order valence-corrected chi connectivity index (χ1v) is 8.22. The Kier molecular flexibility index (Phi) is 4.57. The summed E-state index contributed by atoms with van der Waals surface area (Å²) in [4.78, 5) is 4.15. The van der Waals surface area contributed by atoms with Crippen molar-refractivity contribution in [2.24, 2.45) is 0 Å². The summed E-state index contributed by atoms with van der Waals surface area (Å²) in [5.74, 6) is 2.07. The van der Waals surface area contributed by atoms with Gasteiger partial charge in [-0.3, -0.25) is 0 Å². The lowest BCUT2D eigenvalue weighted by atomic mass is 10.1. The Bertz CT molecular complexity index is 442.